The fourth-order valence-electron chi connectivity index (χ4n) is 1.10. The minimum Gasteiger partial charge on any atom is -0.465 e. The number of benzene rings is 1. The van der Waals surface area contributed by atoms with E-state index >= 15 is 0 Å². The SMILES string of the molecule is C#CCNc1cc(F)ccc1C(=O)OC. The number of hydrogen-bond acceptors (Lipinski definition) is 3. The molecular formula is C11H10FNO2. The second-order valence-electron chi connectivity index (χ2n) is 2.74. The Morgan fingerprint density at radius 2 is 2.40 bits per heavy atom. The predicted octanol–water partition coefficient (Wildman–Crippen LogP) is 1.66. The first kappa shape index (κ1) is 11.1. The lowest BCUT2D eigenvalue weighted by Gasteiger charge is -2.08. The van der Waals surface area contributed by atoms with E-state index in [0.717, 1.165) is 0 Å². The zero-order valence-corrected chi connectivity index (χ0v) is 8.21. The van der Waals surface area contributed by atoms with Gasteiger partial charge in [0.05, 0.1) is 24.9 Å². The second-order valence-corrected chi connectivity index (χ2v) is 2.74. The number of hydrogen-bond donors (Lipinski definition) is 1. The molecule has 3 nitrogen and oxygen atoms in total. The molecule has 0 bridgehead atoms. The molecule has 0 aliphatic carbocycles. The minimum absolute atomic E-state index is 0.216. The summed E-state index contributed by atoms with van der Waals surface area (Å²) in [6.07, 6.45) is 5.05. The Bertz CT molecular complexity index is 410. The molecule has 4 heteroatoms. The van der Waals surface area contributed by atoms with E-state index in [1.54, 1.807) is 0 Å². The van der Waals surface area contributed by atoms with Crippen LogP contribution in [0.2, 0.25) is 0 Å². The molecule has 0 aliphatic heterocycles. The summed E-state index contributed by atoms with van der Waals surface area (Å²) in [5.41, 5.74) is 0.592. The molecule has 0 saturated heterocycles. The number of ether oxygens (including phenoxy) is 1. The van der Waals surface area contributed by atoms with Gasteiger partial charge in [0.2, 0.25) is 0 Å². The lowest BCUT2D eigenvalue weighted by Crippen LogP contribution is -2.08. The normalized spacial score (nSPS) is 9.13. The molecule has 78 valence electrons. The summed E-state index contributed by atoms with van der Waals surface area (Å²) >= 11 is 0. The van der Waals surface area contributed by atoms with Crippen molar-refractivity contribution in [3.8, 4) is 12.3 Å². The third kappa shape index (κ3) is 2.71. The van der Waals surface area contributed by atoms with Gasteiger partial charge in [-0.3, -0.25) is 0 Å². The highest BCUT2D eigenvalue weighted by Crippen LogP contribution is 2.17. The predicted molar refractivity (Wildman–Crippen MR) is 55.1 cm³/mol. The quantitative estimate of drug-likeness (QED) is 0.605. The number of rotatable bonds is 3. The molecule has 0 radical (unpaired) electrons. The van der Waals surface area contributed by atoms with Gasteiger partial charge in [-0.25, -0.2) is 9.18 Å². The zero-order chi connectivity index (χ0) is 11.3. The Kier molecular flexibility index (Phi) is 3.69. The lowest BCUT2D eigenvalue weighted by molar-refractivity contribution is 0.0602. The first-order valence-electron chi connectivity index (χ1n) is 4.24. The summed E-state index contributed by atoms with van der Waals surface area (Å²) in [6.45, 7) is 0.216. The highest BCUT2D eigenvalue weighted by atomic mass is 19.1. The standard InChI is InChI=1S/C11H10FNO2/c1-3-6-13-10-7-8(12)4-5-9(10)11(14)15-2/h1,4-5,7,13H,6H2,2H3. The highest BCUT2D eigenvalue weighted by Gasteiger charge is 2.11. The number of carbonyl (C=O) groups excluding carboxylic acids is 1. The first-order valence-corrected chi connectivity index (χ1v) is 4.24. The number of nitrogens with one attached hydrogen (secondary N) is 1. The van der Waals surface area contributed by atoms with Crippen LogP contribution in [0.4, 0.5) is 10.1 Å². The molecule has 0 aromatic heterocycles. The lowest BCUT2D eigenvalue weighted by atomic mass is 10.1. The summed E-state index contributed by atoms with van der Waals surface area (Å²) in [6, 6.07) is 3.73. The number of anilines is 1. The number of carbonyl (C=O) groups is 1. The highest BCUT2D eigenvalue weighted by molar-refractivity contribution is 5.95. The van der Waals surface area contributed by atoms with E-state index in [-0.39, 0.29) is 12.1 Å². The smallest absolute Gasteiger partial charge is 0.339 e. The van der Waals surface area contributed by atoms with E-state index in [0.29, 0.717) is 5.69 Å². The van der Waals surface area contributed by atoms with E-state index < -0.39 is 11.8 Å². The van der Waals surface area contributed by atoms with Crippen molar-refractivity contribution in [1.82, 2.24) is 0 Å². The molecule has 0 amide bonds. The van der Waals surface area contributed by atoms with Gasteiger partial charge in [0.25, 0.3) is 0 Å². The van der Waals surface area contributed by atoms with Crippen LogP contribution in [0.15, 0.2) is 18.2 Å². The fraction of sp³-hybridized carbons (Fsp3) is 0.182. The molecule has 1 N–H and O–H groups in total. The number of terminal acetylenes is 1. The van der Waals surface area contributed by atoms with Gasteiger partial charge in [-0.05, 0) is 18.2 Å². The van der Waals surface area contributed by atoms with Crippen molar-refractivity contribution in [3.63, 3.8) is 0 Å². The summed E-state index contributed by atoms with van der Waals surface area (Å²) in [5.74, 6) is 1.36. The maximum atomic E-state index is 12.9. The van der Waals surface area contributed by atoms with Crippen LogP contribution in [0.3, 0.4) is 0 Å². The Balaban J connectivity index is 3.04. The third-order valence-corrected chi connectivity index (χ3v) is 1.77. The molecular weight excluding hydrogens is 197 g/mol. The van der Waals surface area contributed by atoms with Crippen LogP contribution in [0.1, 0.15) is 10.4 Å². The van der Waals surface area contributed by atoms with Crippen LogP contribution in [-0.4, -0.2) is 19.6 Å². The Morgan fingerprint density at radius 3 is 3.00 bits per heavy atom. The third-order valence-electron chi connectivity index (χ3n) is 1.77. The van der Waals surface area contributed by atoms with Crippen molar-refractivity contribution in [2.45, 2.75) is 0 Å². The monoisotopic (exact) mass is 207 g/mol. The molecule has 1 rings (SSSR count). The van der Waals surface area contributed by atoms with Crippen LogP contribution < -0.4 is 5.32 Å². The van der Waals surface area contributed by atoms with Crippen molar-refractivity contribution < 1.29 is 13.9 Å². The largest absolute Gasteiger partial charge is 0.465 e. The number of esters is 1. The van der Waals surface area contributed by atoms with Crippen molar-refractivity contribution in [2.24, 2.45) is 0 Å². The van der Waals surface area contributed by atoms with Gasteiger partial charge in [0.15, 0.2) is 0 Å². The average molecular weight is 207 g/mol. The Morgan fingerprint density at radius 1 is 1.67 bits per heavy atom. The maximum absolute atomic E-state index is 12.9. The molecule has 15 heavy (non-hydrogen) atoms. The van der Waals surface area contributed by atoms with E-state index in [1.165, 1.54) is 25.3 Å². The Hall–Kier alpha value is -2.02. The van der Waals surface area contributed by atoms with E-state index in [4.69, 9.17) is 6.42 Å². The molecule has 0 heterocycles. The summed E-state index contributed by atoms with van der Waals surface area (Å²) in [5, 5.41) is 2.74. The summed E-state index contributed by atoms with van der Waals surface area (Å²) in [7, 11) is 1.26. The Labute approximate surface area is 87.2 Å². The van der Waals surface area contributed by atoms with Crippen LogP contribution in [0.25, 0.3) is 0 Å². The summed E-state index contributed by atoms with van der Waals surface area (Å²) in [4.78, 5) is 11.3. The van der Waals surface area contributed by atoms with Crippen molar-refractivity contribution in [2.75, 3.05) is 19.0 Å². The van der Waals surface area contributed by atoms with Gasteiger partial charge >= 0.3 is 5.97 Å². The van der Waals surface area contributed by atoms with Crippen molar-refractivity contribution >= 4 is 11.7 Å². The topological polar surface area (TPSA) is 38.3 Å². The zero-order valence-electron chi connectivity index (χ0n) is 8.21. The van der Waals surface area contributed by atoms with E-state index in [9.17, 15) is 9.18 Å². The average Bonchev–Trinajstić information content (AvgIpc) is 2.25. The first-order chi connectivity index (χ1) is 7.19. The number of methoxy groups -OCH3 is 1. The maximum Gasteiger partial charge on any atom is 0.339 e. The fourth-order valence-corrected chi connectivity index (χ4v) is 1.10. The van der Waals surface area contributed by atoms with Gasteiger partial charge in [-0.15, -0.1) is 6.42 Å². The van der Waals surface area contributed by atoms with Gasteiger partial charge in [-0.2, -0.15) is 0 Å². The van der Waals surface area contributed by atoms with Crippen LogP contribution >= 0.6 is 0 Å². The van der Waals surface area contributed by atoms with Crippen molar-refractivity contribution in [1.29, 1.82) is 0 Å². The molecule has 0 saturated carbocycles. The molecule has 0 atom stereocenters. The summed E-state index contributed by atoms with van der Waals surface area (Å²) < 4.78 is 17.4. The number of halogens is 1. The van der Waals surface area contributed by atoms with Gasteiger partial charge in [0, 0.05) is 0 Å². The van der Waals surface area contributed by atoms with Gasteiger partial charge in [0.1, 0.15) is 5.82 Å². The molecule has 0 fully saturated rings. The van der Waals surface area contributed by atoms with Crippen molar-refractivity contribution in [3.05, 3.63) is 29.6 Å². The molecule has 1 aromatic carbocycles. The molecule has 1 aromatic rings. The molecule has 0 unspecified atom stereocenters. The minimum atomic E-state index is -0.533. The van der Waals surface area contributed by atoms with Crippen LogP contribution in [-0.2, 0) is 4.74 Å². The van der Waals surface area contributed by atoms with Gasteiger partial charge < -0.3 is 10.1 Å². The van der Waals surface area contributed by atoms with Crippen LogP contribution in [0.5, 0.6) is 0 Å². The van der Waals surface area contributed by atoms with Crippen LogP contribution in [0, 0.1) is 18.2 Å². The van der Waals surface area contributed by atoms with Gasteiger partial charge in [-0.1, -0.05) is 5.92 Å². The van der Waals surface area contributed by atoms with E-state index in [2.05, 4.69) is 16.0 Å². The molecule has 0 aliphatic rings. The van der Waals surface area contributed by atoms with E-state index in [1.807, 2.05) is 0 Å². The molecule has 0 spiro atoms. The second kappa shape index (κ2) is 5.01.